The van der Waals surface area contributed by atoms with E-state index in [1.165, 1.54) is 6.92 Å². The van der Waals surface area contributed by atoms with E-state index in [9.17, 15) is 4.79 Å². The van der Waals surface area contributed by atoms with Crippen molar-refractivity contribution in [2.75, 3.05) is 13.2 Å². The van der Waals surface area contributed by atoms with Gasteiger partial charge in [-0.3, -0.25) is 9.11 Å². The minimum absolute atomic E-state index is 0.176. The zero-order valence-electron chi connectivity index (χ0n) is 7.50. The van der Waals surface area contributed by atoms with Crippen LogP contribution in [-0.2, 0) is 19.9 Å². The smallest absolute Gasteiger partial charge is 0.394 e. The van der Waals surface area contributed by atoms with E-state index in [0.717, 1.165) is 13.2 Å². The molecule has 0 aromatic heterocycles. The molecule has 8 heteroatoms. The van der Waals surface area contributed by atoms with E-state index in [4.69, 9.17) is 22.6 Å². The molecule has 84 valence electrons. The molecule has 0 saturated carbocycles. The number of carboxylic acid groups (broad SMARTS) is 1. The molecule has 14 heavy (non-hydrogen) atoms. The molecule has 1 aliphatic heterocycles. The number of ether oxygens (including phenoxy) is 1. The van der Waals surface area contributed by atoms with Crippen molar-refractivity contribution in [2.45, 2.75) is 6.92 Å². The number of epoxide rings is 1. The normalized spacial score (nSPS) is 12.5. The first-order valence-corrected chi connectivity index (χ1v) is 4.70. The van der Waals surface area contributed by atoms with Crippen molar-refractivity contribution in [3.05, 3.63) is 12.2 Å². The van der Waals surface area contributed by atoms with Crippen LogP contribution in [0.5, 0.6) is 0 Å². The van der Waals surface area contributed by atoms with Crippen LogP contribution in [0.25, 0.3) is 0 Å². The number of aliphatic carboxylic acids is 1. The Labute approximate surface area is 81.6 Å². The molecular weight excluding hydrogens is 216 g/mol. The van der Waals surface area contributed by atoms with Crippen LogP contribution in [0.1, 0.15) is 6.92 Å². The molecule has 0 aliphatic carbocycles. The fraction of sp³-hybridized carbons (Fsp3) is 0.500. The summed E-state index contributed by atoms with van der Waals surface area (Å²) in [6, 6.07) is 0. The SMILES string of the molecule is C1CO1.C=C(C)C(=O)O.O=S(=O)(O)O. The molecule has 0 spiro atoms. The molecule has 1 heterocycles. The van der Waals surface area contributed by atoms with Gasteiger partial charge < -0.3 is 9.84 Å². The lowest BCUT2D eigenvalue weighted by molar-refractivity contribution is -0.132. The molecule has 1 fully saturated rings. The fourth-order valence-electron chi connectivity index (χ4n) is 0. The zero-order valence-corrected chi connectivity index (χ0v) is 8.32. The first-order chi connectivity index (χ1) is 6.14. The van der Waals surface area contributed by atoms with Gasteiger partial charge in [-0.15, -0.1) is 0 Å². The van der Waals surface area contributed by atoms with E-state index in [1.807, 2.05) is 0 Å². The van der Waals surface area contributed by atoms with Crippen LogP contribution in [0.15, 0.2) is 12.2 Å². The van der Waals surface area contributed by atoms with Crippen LogP contribution in [0.3, 0.4) is 0 Å². The molecule has 0 aromatic rings. The van der Waals surface area contributed by atoms with Crippen LogP contribution in [0, 0.1) is 0 Å². The molecular formula is C6H12O7S. The van der Waals surface area contributed by atoms with Crippen LogP contribution in [0.4, 0.5) is 0 Å². The summed E-state index contributed by atoms with van der Waals surface area (Å²) in [4.78, 5) is 9.60. The highest BCUT2D eigenvalue weighted by Crippen LogP contribution is 1.84. The van der Waals surface area contributed by atoms with Crippen LogP contribution in [0.2, 0.25) is 0 Å². The Hall–Kier alpha value is -0.960. The fourth-order valence-corrected chi connectivity index (χ4v) is 0. The van der Waals surface area contributed by atoms with Crippen molar-refractivity contribution in [2.24, 2.45) is 0 Å². The Morgan fingerprint density at radius 1 is 1.36 bits per heavy atom. The third-order valence-corrected chi connectivity index (χ3v) is 0.569. The summed E-state index contributed by atoms with van der Waals surface area (Å²) in [5.41, 5.74) is 0.176. The standard InChI is InChI=1S/C4H6O2.C2H4O.H2O4S/c1-3(2)4(5)6;1-2-3-1;1-5(2,3)4/h1H2,2H3,(H,5,6);1-2H2;(H2,1,2,3,4). The number of hydrogen-bond acceptors (Lipinski definition) is 4. The molecule has 3 N–H and O–H groups in total. The largest absolute Gasteiger partial charge is 0.478 e. The number of carboxylic acids is 1. The lowest BCUT2D eigenvalue weighted by atomic mass is 10.4. The van der Waals surface area contributed by atoms with Crippen LogP contribution >= 0.6 is 0 Å². The Kier molecular flexibility index (Phi) is 8.25. The van der Waals surface area contributed by atoms with E-state index < -0.39 is 16.4 Å². The second kappa shape index (κ2) is 7.44. The van der Waals surface area contributed by atoms with Crippen molar-refractivity contribution in [1.82, 2.24) is 0 Å². The van der Waals surface area contributed by atoms with Crippen LogP contribution < -0.4 is 0 Å². The average molecular weight is 228 g/mol. The summed E-state index contributed by atoms with van der Waals surface area (Å²) in [7, 11) is -4.67. The zero-order chi connectivity index (χ0) is 11.8. The van der Waals surface area contributed by atoms with Crippen molar-refractivity contribution in [1.29, 1.82) is 0 Å². The van der Waals surface area contributed by atoms with Gasteiger partial charge in [0.2, 0.25) is 0 Å². The Bertz CT molecular complexity index is 254. The summed E-state index contributed by atoms with van der Waals surface area (Å²) in [6.45, 7) is 6.60. The number of carbonyl (C=O) groups is 1. The molecule has 0 amide bonds. The van der Waals surface area contributed by atoms with Gasteiger partial charge in [0.25, 0.3) is 0 Å². The van der Waals surface area contributed by atoms with Gasteiger partial charge in [-0.25, -0.2) is 4.79 Å². The average Bonchev–Trinajstić information content (AvgIpc) is 2.65. The number of rotatable bonds is 1. The van der Waals surface area contributed by atoms with E-state index in [1.54, 1.807) is 0 Å². The molecule has 0 radical (unpaired) electrons. The predicted molar refractivity (Wildman–Crippen MR) is 47.4 cm³/mol. The van der Waals surface area contributed by atoms with E-state index >= 15 is 0 Å². The summed E-state index contributed by atoms with van der Waals surface area (Å²) in [6.07, 6.45) is 0. The predicted octanol–water partition coefficient (Wildman–Crippen LogP) is 0.0109. The second-order valence-corrected chi connectivity index (χ2v) is 3.04. The topological polar surface area (TPSA) is 124 Å². The molecule has 7 nitrogen and oxygen atoms in total. The van der Waals surface area contributed by atoms with Gasteiger partial charge in [-0.05, 0) is 6.92 Å². The van der Waals surface area contributed by atoms with Crippen molar-refractivity contribution in [3.63, 3.8) is 0 Å². The maximum atomic E-state index is 9.60. The maximum Gasteiger partial charge on any atom is 0.394 e. The third kappa shape index (κ3) is 68.2. The molecule has 0 atom stereocenters. The highest BCUT2D eigenvalue weighted by molar-refractivity contribution is 7.79. The minimum Gasteiger partial charge on any atom is -0.478 e. The van der Waals surface area contributed by atoms with Gasteiger partial charge in [-0.1, -0.05) is 6.58 Å². The van der Waals surface area contributed by atoms with Crippen molar-refractivity contribution < 1.29 is 32.2 Å². The summed E-state index contributed by atoms with van der Waals surface area (Å²) in [5.74, 6) is -0.935. The van der Waals surface area contributed by atoms with Crippen LogP contribution in [-0.4, -0.2) is 41.8 Å². The van der Waals surface area contributed by atoms with E-state index in [0.29, 0.717) is 0 Å². The molecule has 1 saturated heterocycles. The Morgan fingerprint density at radius 2 is 1.50 bits per heavy atom. The van der Waals surface area contributed by atoms with Gasteiger partial charge in [-0.2, -0.15) is 8.42 Å². The molecule has 0 unspecified atom stereocenters. The quantitative estimate of drug-likeness (QED) is 0.328. The Balaban J connectivity index is 0. The minimum atomic E-state index is -4.67. The molecule has 1 aliphatic rings. The van der Waals surface area contributed by atoms with Crippen molar-refractivity contribution in [3.8, 4) is 0 Å². The monoisotopic (exact) mass is 228 g/mol. The summed E-state index contributed by atoms with van der Waals surface area (Å²) in [5, 5.41) is 7.89. The highest BCUT2D eigenvalue weighted by atomic mass is 32.3. The Morgan fingerprint density at radius 3 is 1.50 bits per heavy atom. The molecule has 1 rings (SSSR count). The molecule has 0 aromatic carbocycles. The van der Waals surface area contributed by atoms with Crippen molar-refractivity contribution >= 4 is 16.4 Å². The second-order valence-electron chi connectivity index (χ2n) is 2.15. The van der Waals surface area contributed by atoms with Gasteiger partial charge >= 0.3 is 16.4 Å². The van der Waals surface area contributed by atoms with E-state index in [2.05, 4.69) is 11.3 Å². The van der Waals surface area contributed by atoms with Gasteiger partial charge in [0.1, 0.15) is 0 Å². The van der Waals surface area contributed by atoms with E-state index in [-0.39, 0.29) is 5.57 Å². The lowest BCUT2D eigenvalue weighted by Gasteiger charge is -1.79. The maximum absolute atomic E-state index is 9.60. The summed E-state index contributed by atoms with van der Waals surface area (Å²) >= 11 is 0. The molecule has 0 bridgehead atoms. The van der Waals surface area contributed by atoms with Gasteiger partial charge in [0, 0.05) is 5.57 Å². The number of hydrogen-bond donors (Lipinski definition) is 3. The highest BCUT2D eigenvalue weighted by Gasteiger charge is 1.94. The van der Waals surface area contributed by atoms with Gasteiger partial charge in [0.05, 0.1) is 13.2 Å². The first kappa shape index (κ1) is 15.5. The lowest BCUT2D eigenvalue weighted by Crippen LogP contribution is -1.92. The first-order valence-electron chi connectivity index (χ1n) is 3.31. The summed E-state index contributed by atoms with van der Waals surface area (Å²) < 4.78 is 36.1. The third-order valence-electron chi connectivity index (χ3n) is 0.569. The van der Waals surface area contributed by atoms with Gasteiger partial charge in [0.15, 0.2) is 0 Å².